The van der Waals surface area contributed by atoms with Crippen molar-refractivity contribution in [3.8, 4) is 5.75 Å². The molecule has 4 aromatic rings. The first kappa shape index (κ1) is 20.9. The molecule has 6 rings (SSSR count). The van der Waals surface area contributed by atoms with Crippen molar-refractivity contribution in [2.45, 2.75) is 29.1 Å². The van der Waals surface area contributed by atoms with Crippen LogP contribution in [0.15, 0.2) is 88.2 Å². The van der Waals surface area contributed by atoms with Crippen molar-refractivity contribution in [2.24, 2.45) is 0 Å². The van der Waals surface area contributed by atoms with E-state index in [9.17, 15) is 10.2 Å². The standard InChI is InChI=1S/C25H18BrClN2O4/c26-16-8-6-15(7-9-16)25-20(14-4-2-1-3-5-14)19(23-28-10-11-32-23)22(30)24(25,31)21-18(33-25)12-17(27)13-29-21/h1-13,19-20,22,30-31H/t19-,20-,22-,24?,25+/m1/s1. The number of aliphatic hydroxyl groups is 2. The van der Waals surface area contributed by atoms with Gasteiger partial charge >= 0.3 is 0 Å². The largest absolute Gasteiger partial charge is 0.476 e. The van der Waals surface area contributed by atoms with Crippen LogP contribution in [0.5, 0.6) is 5.75 Å². The minimum atomic E-state index is -1.90. The average molecular weight is 526 g/mol. The highest BCUT2D eigenvalue weighted by molar-refractivity contribution is 9.10. The number of ether oxygens (including phenoxy) is 1. The monoisotopic (exact) mass is 524 g/mol. The minimum Gasteiger partial charge on any atom is -0.476 e. The predicted molar refractivity (Wildman–Crippen MR) is 124 cm³/mol. The van der Waals surface area contributed by atoms with Gasteiger partial charge in [0.25, 0.3) is 0 Å². The zero-order valence-electron chi connectivity index (χ0n) is 17.1. The van der Waals surface area contributed by atoms with Crippen LogP contribution in [-0.4, -0.2) is 26.3 Å². The number of hydrogen-bond donors (Lipinski definition) is 2. The number of aliphatic hydroxyl groups excluding tert-OH is 1. The van der Waals surface area contributed by atoms with Crippen LogP contribution in [0.4, 0.5) is 0 Å². The van der Waals surface area contributed by atoms with Gasteiger partial charge < -0.3 is 19.4 Å². The van der Waals surface area contributed by atoms with Crippen LogP contribution in [0.2, 0.25) is 5.02 Å². The molecule has 0 bridgehead atoms. The van der Waals surface area contributed by atoms with Gasteiger partial charge in [0.15, 0.2) is 11.2 Å². The summed E-state index contributed by atoms with van der Waals surface area (Å²) in [5.41, 5.74) is -1.55. The molecule has 0 saturated heterocycles. The van der Waals surface area contributed by atoms with Gasteiger partial charge in [-0.05, 0) is 23.3 Å². The highest BCUT2D eigenvalue weighted by atomic mass is 79.9. The molecule has 8 heteroatoms. The quantitative estimate of drug-likeness (QED) is 0.395. The first-order chi connectivity index (χ1) is 16.0. The van der Waals surface area contributed by atoms with Gasteiger partial charge in [0, 0.05) is 22.7 Å². The molecule has 33 heavy (non-hydrogen) atoms. The smallest absolute Gasteiger partial charge is 0.200 e. The Morgan fingerprint density at radius 1 is 1.03 bits per heavy atom. The summed E-state index contributed by atoms with van der Waals surface area (Å²) in [7, 11) is 0. The van der Waals surface area contributed by atoms with Crippen molar-refractivity contribution in [1.29, 1.82) is 0 Å². The van der Waals surface area contributed by atoms with Gasteiger partial charge in [-0.25, -0.2) is 4.98 Å². The maximum absolute atomic E-state index is 12.5. The van der Waals surface area contributed by atoms with Gasteiger partial charge in [0.1, 0.15) is 23.8 Å². The highest BCUT2D eigenvalue weighted by Crippen LogP contribution is 2.70. The molecule has 0 spiro atoms. The van der Waals surface area contributed by atoms with E-state index in [1.807, 2.05) is 54.6 Å². The van der Waals surface area contributed by atoms with E-state index in [0.717, 1.165) is 10.0 Å². The maximum atomic E-state index is 12.5. The summed E-state index contributed by atoms with van der Waals surface area (Å²) in [6.45, 7) is 0. The van der Waals surface area contributed by atoms with Crippen molar-refractivity contribution < 1.29 is 19.4 Å². The van der Waals surface area contributed by atoms with Crippen LogP contribution in [0.1, 0.15) is 34.5 Å². The number of pyridine rings is 1. The van der Waals surface area contributed by atoms with Gasteiger partial charge in [0.05, 0.1) is 17.1 Å². The molecule has 6 nitrogen and oxygen atoms in total. The lowest BCUT2D eigenvalue weighted by Gasteiger charge is -2.40. The molecule has 2 N–H and O–H groups in total. The van der Waals surface area contributed by atoms with Gasteiger partial charge in [-0.15, -0.1) is 0 Å². The van der Waals surface area contributed by atoms with Gasteiger partial charge in [-0.2, -0.15) is 0 Å². The Kier molecular flexibility index (Phi) is 4.68. The number of nitrogens with zero attached hydrogens (tertiary/aromatic N) is 2. The fourth-order valence-corrected chi connectivity index (χ4v) is 5.91. The lowest BCUT2D eigenvalue weighted by atomic mass is 9.71. The van der Waals surface area contributed by atoms with Crippen molar-refractivity contribution in [3.05, 3.63) is 112 Å². The molecule has 2 aromatic carbocycles. The zero-order valence-corrected chi connectivity index (χ0v) is 19.4. The summed E-state index contributed by atoms with van der Waals surface area (Å²) in [6.07, 6.45) is 3.10. The number of fused-ring (bicyclic) bond motifs is 3. The Hall–Kier alpha value is -2.71. The van der Waals surface area contributed by atoms with Crippen LogP contribution in [0.25, 0.3) is 0 Å². The van der Waals surface area contributed by atoms with E-state index < -0.39 is 29.1 Å². The fourth-order valence-electron chi connectivity index (χ4n) is 5.50. The molecular formula is C25H18BrClN2O4. The SMILES string of the molecule is O[C@@H]1[C@H](c2ncco2)[C@@H](c2ccccc2)[C@]2(c3ccc(Br)cc3)Oc3cc(Cl)cnc3C12O. The molecule has 0 radical (unpaired) electrons. The summed E-state index contributed by atoms with van der Waals surface area (Å²) >= 11 is 9.70. The van der Waals surface area contributed by atoms with Crippen LogP contribution >= 0.6 is 27.5 Å². The second-order valence-electron chi connectivity index (χ2n) is 8.34. The molecule has 1 aliphatic heterocycles. The van der Waals surface area contributed by atoms with Crippen molar-refractivity contribution in [3.63, 3.8) is 0 Å². The first-order valence-electron chi connectivity index (χ1n) is 10.4. The van der Waals surface area contributed by atoms with Crippen LogP contribution in [0, 0.1) is 0 Å². The van der Waals surface area contributed by atoms with Crippen LogP contribution < -0.4 is 4.74 Å². The van der Waals surface area contributed by atoms with E-state index >= 15 is 0 Å². The van der Waals surface area contributed by atoms with Crippen molar-refractivity contribution in [2.75, 3.05) is 0 Å². The second-order valence-corrected chi connectivity index (χ2v) is 9.69. The van der Waals surface area contributed by atoms with E-state index in [4.69, 9.17) is 20.8 Å². The molecule has 3 heterocycles. The van der Waals surface area contributed by atoms with E-state index in [2.05, 4.69) is 25.9 Å². The fraction of sp³-hybridized carbons (Fsp3) is 0.200. The number of halogens is 2. The number of benzene rings is 2. The number of hydrogen-bond acceptors (Lipinski definition) is 6. The Bertz CT molecular complexity index is 1320. The Morgan fingerprint density at radius 3 is 2.48 bits per heavy atom. The molecule has 1 fully saturated rings. The van der Waals surface area contributed by atoms with Crippen LogP contribution in [-0.2, 0) is 11.2 Å². The second kappa shape index (κ2) is 7.40. The molecule has 166 valence electrons. The molecule has 1 unspecified atom stereocenters. The molecule has 5 atom stereocenters. The number of rotatable bonds is 3. The summed E-state index contributed by atoms with van der Waals surface area (Å²) in [6, 6.07) is 18.8. The van der Waals surface area contributed by atoms with E-state index in [-0.39, 0.29) is 5.69 Å². The molecule has 0 amide bonds. The van der Waals surface area contributed by atoms with Gasteiger partial charge in [-0.3, -0.25) is 4.98 Å². The Morgan fingerprint density at radius 2 is 1.79 bits per heavy atom. The highest BCUT2D eigenvalue weighted by Gasteiger charge is 2.77. The van der Waals surface area contributed by atoms with E-state index in [1.165, 1.54) is 18.7 Å². The van der Waals surface area contributed by atoms with Crippen LogP contribution in [0.3, 0.4) is 0 Å². The summed E-state index contributed by atoms with van der Waals surface area (Å²) in [5.74, 6) is -0.623. The normalized spacial score (nSPS) is 30.0. The third kappa shape index (κ3) is 2.74. The Labute approximate surface area is 203 Å². The van der Waals surface area contributed by atoms with E-state index in [0.29, 0.717) is 22.2 Å². The molecule has 2 aliphatic rings. The summed E-state index contributed by atoms with van der Waals surface area (Å²) < 4.78 is 13.2. The van der Waals surface area contributed by atoms with E-state index in [1.54, 1.807) is 6.07 Å². The van der Waals surface area contributed by atoms with Crippen molar-refractivity contribution in [1.82, 2.24) is 9.97 Å². The zero-order chi connectivity index (χ0) is 22.8. The number of oxazole rings is 1. The lowest BCUT2D eigenvalue weighted by molar-refractivity contribution is -0.152. The maximum Gasteiger partial charge on any atom is 0.200 e. The number of aromatic nitrogens is 2. The summed E-state index contributed by atoms with van der Waals surface area (Å²) in [5, 5.41) is 24.6. The third-order valence-corrected chi connectivity index (χ3v) is 7.49. The molecule has 1 saturated carbocycles. The molecule has 2 aromatic heterocycles. The Balaban J connectivity index is 1.70. The first-order valence-corrected chi connectivity index (χ1v) is 11.6. The molecule has 1 aliphatic carbocycles. The third-order valence-electron chi connectivity index (χ3n) is 6.75. The molecular weight excluding hydrogens is 508 g/mol. The minimum absolute atomic E-state index is 0.234. The van der Waals surface area contributed by atoms with Crippen molar-refractivity contribution >= 4 is 27.5 Å². The predicted octanol–water partition coefficient (Wildman–Crippen LogP) is 4.90. The van der Waals surface area contributed by atoms with Gasteiger partial charge in [-0.1, -0.05) is 70.0 Å². The average Bonchev–Trinajstić information content (AvgIpc) is 3.48. The topological polar surface area (TPSA) is 88.6 Å². The summed E-state index contributed by atoms with van der Waals surface area (Å²) in [4.78, 5) is 8.78. The van der Waals surface area contributed by atoms with Gasteiger partial charge in [0.2, 0.25) is 5.89 Å². The lowest BCUT2D eigenvalue weighted by Crippen LogP contribution is -2.52.